The van der Waals surface area contributed by atoms with E-state index < -0.39 is 11.7 Å². The number of hydrogen-bond donors (Lipinski definition) is 1. The first-order valence-corrected chi connectivity index (χ1v) is 9.94. The van der Waals surface area contributed by atoms with Gasteiger partial charge in [0.05, 0.1) is 0 Å². The number of nitrogens with one attached hydrogen (secondary N) is 1. The van der Waals surface area contributed by atoms with Gasteiger partial charge in [0.25, 0.3) is 5.91 Å². The van der Waals surface area contributed by atoms with E-state index in [1.807, 2.05) is 24.6 Å². The van der Waals surface area contributed by atoms with Crippen molar-refractivity contribution in [2.75, 3.05) is 12.3 Å². The highest BCUT2D eigenvalue weighted by Gasteiger charge is 2.15. The van der Waals surface area contributed by atoms with Crippen molar-refractivity contribution < 1.29 is 13.9 Å². The normalized spacial score (nSPS) is 12.1. The first-order chi connectivity index (χ1) is 13.5. The van der Waals surface area contributed by atoms with Crippen LogP contribution in [-0.2, 0) is 18.3 Å². The van der Waals surface area contributed by atoms with Gasteiger partial charge in [-0.25, -0.2) is 4.79 Å². The fourth-order valence-corrected chi connectivity index (χ4v) is 3.44. The van der Waals surface area contributed by atoms with Crippen molar-refractivity contribution in [1.29, 1.82) is 0 Å². The minimum absolute atomic E-state index is 0.220. The van der Waals surface area contributed by atoms with Crippen LogP contribution in [0.3, 0.4) is 0 Å². The third kappa shape index (κ3) is 4.72. The zero-order chi connectivity index (χ0) is 20.1. The summed E-state index contributed by atoms with van der Waals surface area (Å²) in [6.45, 7) is 4.14. The maximum atomic E-state index is 12.2. The molecule has 0 spiro atoms. The molecule has 3 aromatic rings. The number of benzene rings is 1. The first-order valence-electron chi connectivity index (χ1n) is 8.96. The molecule has 0 saturated carbocycles. The standard InChI is InChI=1S/C19H22N4O4S/c1-4-13-9-17(24)27-16-10-14(5-6-15(13)16)26-12(2)18(25)20-7-8-28-19-22-21-11-23(19)3/h5-6,9-12H,4,7-8H2,1-3H3,(H,20,25)/t12-/m1/s1. The van der Waals surface area contributed by atoms with Gasteiger partial charge in [-0.1, -0.05) is 18.7 Å². The number of amides is 1. The number of fused-ring (bicyclic) bond motifs is 1. The lowest BCUT2D eigenvalue weighted by Crippen LogP contribution is -2.37. The van der Waals surface area contributed by atoms with E-state index in [0.29, 0.717) is 23.6 Å². The number of aryl methyl sites for hydroxylation is 2. The molecule has 28 heavy (non-hydrogen) atoms. The van der Waals surface area contributed by atoms with Crippen molar-refractivity contribution in [1.82, 2.24) is 20.1 Å². The van der Waals surface area contributed by atoms with E-state index in [-0.39, 0.29) is 5.91 Å². The van der Waals surface area contributed by atoms with Gasteiger partial charge in [0.15, 0.2) is 11.3 Å². The van der Waals surface area contributed by atoms with Crippen molar-refractivity contribution in [3.05, 3.63) is 46.6 Å². The van der Waals surface area contributed by atoms with Crippen molar-refractivity contribution in [2.24, 2.45) is 7.05 Å². The lowest BCUT2D eigenvalue weighted by Gasteiger charge is -2.15. The van der Waals surface area contributed by atoms with Gasteiger partial charge in [0, 0.05) is 36.9 Å². The molecule has 0 unspecified atom stereocenters. The minimum Gasteiger partial charge on any atom is -0.481 e. The Hall–Kier alpha value is -2.81. The lowest BCUT2D eigenvalue weighted by atomic mass is 10.1. The number of nitrogens with zero attached hydrogens (tertiary/aromatic N) is 3. The second kappa shape index (κ2) is 8.92. The van der Waals surface area contributed by atoms with Crippen LogP contribution in [0.5, 0.6) is 5.75 Å². The quantitative estimate of drug-likeness (QED) is 0.350. The largest absolute Gasteiger partial charge is 0.481 e. The Kier molecular flexibility index (Phi) is 6.35. The van der Waals surface area contributed by atoms with Crippen LogP contribution in [0.2, 0.25) is 0 Å². The van der Waals surface area contributed by atoms with Gasteiger partial charge in [-0.05, 0) is 31.0 Å². The predicted octanol–water partition coefficient (Wildman–Crippen LogP) is 2.16. The summed E-state index contributed by atoms with van der Waals surface area (Å²) in [6.07, 6.45) is 1.68. The van der Waals surface area contributed by atoms with Crippen molar-refractivity contribution >= 4 is 28.6 Å². The van der Waals surface area contributed by atoms with E-state index >= 15 is 0 Å². The van der Waals surface area contributed by atoms with Crippen molar-refractivity contribution in [3.8, 4) is 5.75 Å². The summed E-state index contributed by atoms with van der Waals surface area (Å²) >= 11 is 1.51. The minimum atomic E-state index is -0.682. The van der Waals surface area contributed by atoms with Crippen molar-refractivity contribution in [3.63, 3.8) is 0 Å². The van der Waals surface area contributed by atoms with Gasteiger partial charge in [0.1, 0.15) is 17.7 Å². The molecule has 0 radical (unpaired) electrons. The van der Waals surface area contributed by atoms with Crippen LogP contribution in [0.15, 0.2) is 45.0 Å². The number of carbonyl (C=O) groups is 1. The van der Waals surface area contributed by atoms with Gasteiger partial charge < -0.3 is 19.0 Å². The highest BCUT2D eigenvalue weighted by Crippen LogP contribution is 2.23. The number of carbonyl (C=O) groups excluding carboxylic acids is 1. The molecule has 8 nitrogen and oxygen atoms in total. The molecule has 0 aliphatic heterocycles. The maximum absolute atomic E-state index is 12.2. The van der Waals surface area contributed by atoms with Gasteiger partial charge in [-0.15, -0.1) is 10.2 Å². The third-order valence-corrected chi connectivity index (χ3v) is 5.20. The molecular formula is C19H22N4O4S. The second-order valence-corrected chi connectivity index (χ2v) is 7.29. The monoisotopic (exact) mass is 402 g/mol. The summed E-state index contributed by atoms with van der Waals surface area (Å²) in [6, 6.07) is 6.76. The van der Waals surface area contributed by atoms with Crippen LogP contribution in [0, 0.1) is 0 Å². The average molecular weight is 402 g/mol. The van der Waals surface area contributed by atoms with Crippen LogP contribution in [-0.4, -0.2) is 39.1 Å². The molecule has 1 amide bonds. The summed E-state index contributed by atoms with van der Waals surface area (Å²) in [4.78, 5) is 23.9. The van der Waals surface area contributed by atoms with E-state index in [1.54, 1.807) is 25.4 Å². The summed E-state index contributed by atoms with van der Waals surface area (Å²) in [7, 11) is 1.87. The van der Waals surface area contributed by atoms with E-state index in [4.69, 9.17) is 9.15 Å². The number of thioether (sulfide) groups is 1. The summed E-state index contributed by atoms with van der Waals surface area (Å²) in [5, 5.41) is 12.3. The van der Waals surface area contributed by atoms with Gasteiger partial charge in [-0.2, -0.15) is 0 Å². The average Bonchev–Trinajstić information content (AvgIpc) is 3.08. The van der Waals surface area contributed by atoms with Crippen LogP contribution in [0.1, 0.15) is 19.4 Å². The SMILES string of the molecule is CCc1cc(=O)oc2cc(O[C@H](C)C(=O)NCCSc3nncn3C)ccc12. The maximum Gasteiger partial charge on any atom is 0.336 e. The van der Waals surface area contributed by atoms with Crippen LogP contribution in [0.4, 0.5) is 0 Å². The first kappa shape index (κ1) is 19.9. The Morgan fingerprint density at radius 1 is 1.39 bits per heavy atom. The van der Waals surface area contributed by atoms with E-state index in [2.05, 4.69) is 15.5 Å². The molecule has 148 valence electrons. The molecule has 1 N–H and O–H groups in total. The van der Waals surface area contributed by atoms with Crippen LogP contribution >= 0.6 is 11.8 Å². The Morgan fingerprint density at radius 3 is 2.93 bits per heavy atom. The fraction of sp³-hybridized carbons (Fsp3) is 0.368. The molecule has 1 aromatic carbocycles. The van der Waals surface area contributed by atoms with E-state index in [1.165, 1.54) is 17.8 Å². The molecule has 9 heteroatoms. The second-order valence-electron chi connectivity index (χ2n) is 6.23. The molecule has 0 saturated heterocycles. The van der Waals surface area contributed by atoms with Gasteiger partial charge in [-0.3, -0.25) is 4.79 Å². The Bertz CT molecular complexity index is 1030. The lowest BCUT2D eigenvalue weighted by molar-refractivity contribution is -0.127. The molecule has 0 aliphatic rings. The molecule has 2 aromatic heterocycles. The zero-order valence-corrected chi connectivity index (χ0v) is 16.8. The molecule has 3 rings (SSSR count). The summed E-state index contributed by atoms with van der Waals surface area (Å²) in [5.41, 5.74) is 0.978. The Labute approximate surface area is 166 Å². The zero-order valence-electron chi connectivity index (χ0n) is 16.0. The third-order valence-electron chi connectivity index (χ3n) is 4.17. The smallest absolute Gasteiger partial charge is 0.336 e. The summed E-state index contributed by atoms with van der Waals surface area (Å²) in [5.74, 6) is 0.925. The molecule has 2 heterocycles. The predicted molar refractivity (Wildman–Crippen MR) is 107 cm³/mol. The van der Waals surface area contributed by atoms with Crippen molar-refractivity contribution in [2.45, 2.75) is 31.5 Å². The number of ether oxygens (including phenoxy) is 1. The van der Waals surface area contributed by atoms with Gasteiger partial charge in [0.2, 0.25) is 0 Å². The van der Waals surface area contributed by atoms with E-state index in [9.17, 15) is 9.59 Å². The Balaban J connectivity index is 1.56. The summed E-state index contributed by atoms with van der Waals surface area (Å²) < 4.78 is 12.8. The number of rotatable bonds is 8. The molecular weight excluding hydrogens is 380 g/mol. The van der Waals surface area contributed by atoms with Crippen LogP contribution in [0.25, 0.3) is 11.0 Å². The number of aromatic nitrogens is 3. The highest BCUT2D eigenvalue weighted by molar-refractivity contribution is 7.99. The van der Waals surface area contributed by atoms with Gasteiger partial charge >= 0.3 is 5.63 Å². The molecule has 0 fully saturated rings. The molecule has 0 aliphatic carbocycles. The number of hydrogen-bond acceptors (Lipinski definition) is 7. The van der Waals surface area contributed by atoms with Crippen LogP contribution < -0.4 is 15.7 Å². The molecule has 0 bridgehead atoms. The topological polar surface area (TPSA) is 99.2 Å². The Morgan fingerprint density at radius 2 is 2.21 bits per heavy atom. The molecule has 1 atom stereocenters. The van der Waals surface area contributed by atoms with E-state index in [0.717, 1.165) is 22.5 Å². The highest BCUT2D eigenvalue weighted by atomic mass is 32.2. The fourth-order valence-electron chi connectivity index (χ4n) is 2.70.